The summed E-state index contributed by atoms with van der Waals surface area (Å²) in [6.45, 7) is 10.5. The second-order valence-electron chi connectivity index (χ2n) is 7.66. The largest absolute Gasteiger partial charge is 0.254 e. The molecule has 0 saturated heterocycles. The van der Waals surface area contributed by atoms with Crippen LogP contribution >= 0.6 is 11.3 Å². The topological polar surface area (TPSA) is 37.6 Å². The molecule has 0 aliphatic heterocycles. The lowest BCUT2D eigenvalue weighted by atomic mass is 10.1. The molecule has 150 valence electrons. The van der Waals surface area contributed by atoms with Crippen molar-refractivity contribution in [3.8, 4) is 0 Å². The van der Waals surface area contributed by atoms with Gasteiger partial charge in [-0.1, -0.05) is 35.9 Å². The predicted octanol–water partition coefficient (Wildman–Crippen LogP) is 7.50. The number of aliphatic imine (C=N–C) groups is 2. The zero-order valence-electron chi connectivity index (χ0n) is 18.0. The van der Waals surface area contributed by atoms with Gasteiger partial charge in [0.25, 0.3) is 0 Å². The highest BCUT2D eigenvalue weighted by Gasteiger charge is 2.09. The number of para-hydroxylation sites is 1. The van der Waals surface area contributed by atoms with E-state index in [1.54, 1.807) is 11.3 Å². The SMILES string of the molecule is CC(=Nc1c(C)cc(C)cc1C)c1ccc(C(C)=Nc2cccc3cccnc23)s1. The number of aryl methyl sites for hydroxylation is 3. The maximum absolute atomic E-state index is 4.94. The molecule has 4 aromatic rings. The maximum atomic E-state index is 4.94. The van der Waals surface area contributed by atoms with Gasteiger partial charge in [0.05, 0.1) is 28.3 Å². The van der Waals surface area contributed by atoms with E-state index in [0.29, 0.717) is 0 Å². The van der Waals surface area contributed by atoms with Crippen molar-refractivity contribution in [1.82, 2.24) is 4.98 Å². The molecule has 0 N–H and O–H groups in total. The number of aromatic nitrogens is 1. The van der Waals surface area contributed by atoms with Crippen LogP contribution in [0.25, 0.3) is 10.9 Å². The Bertz CT molecular complexity index is 1270. The first-order valence-electron chi connectivity index (χ1n) is 10.0. The van der Waals surface area contributed by atoms with Gasteiger partial charge in [0.2, 0.25) is 0 Å². The number of rotatable bonds is 4. The van der Waals surface area contributed by atoms with Crippen molar-refractivity contribution in [2.45, 2.75) is 34.6 Å². The van der Waals surface area contributed by atoms with Gasteiger partial charge in [-0.25, -0.2) is 4.99 Å². The molecule has 0 amide bonds. The summed E-state index contributed by atoms with van der Waals surface area (Å²) in [6.07, 6.45) is 1.81. The molecule has 30 heavy (non-hydrogen) atoms. The van der Waals surface area contributed by atoms with Gasteiger partial charge in [0.15, 0.2) is 0 Å². The van der Waals surface area contributed by atoms with E-state index in [4.69, 9.17) is 9.98 Å². The fourth-order valence-corrected chi connectivity index (χ4v) is 4.61. The molecule has 0 fully saturated rings. The van der Waals surface area contributed by atoms with Crippen LogP contribution in [0.1, 0.15) is 40.3 Å². The number of pyridine rings is 1. The second kappa shape index (κ2) is 8.33. The number of thiophene rings is 1. The molecule has 4 heteroatoms. The third-order valence-corrected chi connectivity index (χ3v) is 6.44. The molecule has 0 atom stereocenters. The van der Waals surface area contributed by atoms with E-state index >= 15 is 0 Å². The average molecular weight is 412 g/mol. The Hall–Kier alpha value is -3.11. The molecule has 0 radical (unpaired) electrons. The fraction of sp³-hybridized carbons (Fsp3) is 0.192. The zero-order valence-corrected chi connectivity index (χ0v) is 18.8. The summed E-state index contributed by atoms with van der Waals surface area (Å²) in [4.78, 5) is 16.6. The van der Waals surface area contributed by atoms with Crippen molar-refractivity contribution >= 4 is 45.0 Å². The maximum Gasteiger partial charge on any atom is 0.0958 e. The molecular weight excluding hydrogens is 386 g/mol. The molecule has 2 heterocycles. The minimum absolute atomic E-state index is 0.900. The number of hydrogen-bond donors (Lipinski definition) is 0. The van der Waals surface area contributed by atoms with Crippen LogP contribution in [-0.2, 0) is 0 Å². The number of fused-ring (bicyclic) bond motifs is 1. The first-order chi connectivity index (χ1) is 14.4. The van der Waals surface area contributed by atoms with Crippen molar-refractivity contribution in [3.05, 3.63) is 87.2 Å². The van der Waals surface area contributed by atoms with Gasteiger partial charge < -0.3 is 0 Å². The monoisotopic (exact) mass is 411 g/mol. The van der Waals surface area contributed by atoms with Crippen molar-refractivity contribution in [1.29, 1.82) is 0 Å². The van der Waals surface area contributed by atoms with Gasteiger partial charge in [0, 0.05) is 21.3 Å². The van der Waals surface area contributed by atoms with E-state index in [1.807, 2.05) is 24.4 Å². The molecule has 0 aliphatic rings. The fourth-order valence-electron chi connectivity index (χ4n) is 3.71. The van der Waals surface area contributed by atoms with Crippen LogP contribution in [0.4, 0.5) is 11.4 Å². The number of nitrogens with zero attached hydrogens (tertiary/aromatic N) is 3. The van der Waals surface area contributed by atoms with Crippen LogP contribution in [0.5, 0.6) is 0 Å². The summed E-state index contributed by atoms with van der Waals surface area (Å²) in [5.74, 6) is 0. The number of hydrogen-bond acceptors (Lipinski definition) is 4. The van der Waals surface area contributed by atoms with Crippen LogP contribution in [0.3, 0.4) is 0 Å². The molecule has 2 aromatic heterocycles. The van der Waals surface area contributed by atoms with Crippen molar-refractivity contribution in [2.24, 2.45) is 9.98 Å². The second-order valence-corrected chi connectivity index (χ2v) is 8.74. The smallest absolute Gasteiger partial charge is 0.0958 e. The van der Waals surface area contributed by atoms with Gasteiger partial charge in [-0.3, -0.25) is 9.98 Å². The first kappa shape index (κ1) is 20.2. The Labute approximate surface area is 181 Å². The highest BCUT2D eigenvalue weighted by Crippen LogP contribution is 2.29. The van der Waals surface area contributed by atoms with Crippen LogP contribution in [0, 0.1) is 20.8 Å². The third kappa shape index (κ3) is 4.10. The Morgan fingerprint density at radius 1 is 0.800 bits per heavy atom. The minimum Gasteiger partial charge on any atom is -0.254 e. The van der Waals surface area contributed by atoms with Gasteiger partial charge in [0.1, 0.15) is 0 Å². The first-order valence-corrected chi connectivity index (χ1v) is 10.9. The summed E-state index contributed by atoms with van der Waals surface area (Å²) in [6, 6.07) is 18.8. The summed E-state index contributed by atoms with van der Waals surface area (Å²) in [5, 5.41) is 1.10. The highest BCUT2D eigenvalue weighted by molar-refractivity contribution is 7.16. The lowest BCUT2D eigenvalue weighted by Crippen LogP contribution is -1.92. The lowest BCUT2D eigenvalue weighted by Gasteiger charge is -2.08. The van der Waals surface area contributed by atoms with E-state index in [9.17, 15) is 0 Å². The Morgan fingerprint density at radius 2 is 1.43 bits per heavy atom. The molecule has 4 rings (SSSR count). The van der Waals surface area contributed by atoms with Gasteiger partial charge >= 0.3 is 0 Å². The molecule has 0 saturated carbocycles. The lowest BCUT2D eigenvalue weighted by molar-refractivity contribution is 1.28. The van der Waals surface area contributed by atoms with Gasteiger partial charge in [-0.05, 0) is 70.0 Å². The highest BCUT2D eigenvalue weighted by atomic mass is 32.1. The Kier molecular flexibility index (Phi) is 5.60. The van der Waals surface area contributed by atoms with Crippen LogP contribution in [-0.4, -0.2) is 16.4 Å². The van der Waals surface area contributed by atoms with Crippen LogP contribution < -0.4 is 0 Å². The van der Waals surface area contributed by atoms with Crippen LogP contribution in [0.15, 0.2) is 70.8 Å². The van der Waals surface area contributed by atoms with Crippen LogP contribution in [0.2, 0.25) is 0 Å². The van der Waals surface area contributed by atoms with E-state index in [2.05, 4.69) is 76.0 Å². The van der Waals surface area contributed by atoms with E-state index in [0.717, 1.165) is 43.5 Å². The predicted molar refractivity (Wildman–Crippen MR) is 130 cm³/mol. The summed E-state index contributed by atoms with van der Waals surface area (Å²) >= 11 is 1.73. The molecule has 0 bridgehead atoms. The summed E-state index contributed by atoms with van der Waals surface area (Å²) in [7, 11) is 0. The van der Waals surface area contributed by atoms with Crippen molar-refractivity contribution in [3.63, 3.8) is 0 Å². The van der Waals surface area contributed by atoms with Gasteiger partial charge in [-0.15, -0.1) is 11.3 Å². The normalized spacial score (nSPS) is 12.6. The molecule has 0 unspecified atom stereocenters. The molecule has 0 aliphatic carbocycles. The molecule has 0 spiro atoms. The average Bonchev–Trinajstić information content (AvgIpc) is 3.21. The third-order valence-electron chi connectivity index (χ3n) is 5.13. The zero-order chi connectivity index (χ0) is 21.3. The molecule has 2 aromatic carbocycles. The van der Waals surface area contributed by atoms with Crippen molar-refractivity contribution < 1.29 is 0 Å². The molecular formula is C26H25N3S. The summed E-state index contributed by atoms with van der Waals surface area (Å²) < 4.78 is 0. The van der Waals surface area contributed by atoms with Crippen molar-refractivity contribution in [2.75, 3.05) is 0 Å². The Morgan fingerprint density at radius 3 is 2.13 bits per heavy atom. The molecule has 3 nitrogen and oxygen atoms in total. The van der Waals surface area contributed by atoms with E-state index in [-0.39, 0.29) is 0 Å². The standard InChI is InChI=1S/C26H25N3S/c1-16-14-17(2)25(18(3)15-16)29-20(5)24-12-11-23(30-24)19(4)28-22-10-6-8-21-9-7-13-27-26(21)22/h6-15H,1-5H3. The minimum atomic E-state index is 0.900. The van der Waals surface area contributed by atoms with E-state index in [1.165, 1.54) is 16.7 Å². The summed E-state index contributed by atoms with van der Waals surface area (Å²) in [5.41, 5.74) is 8.61. The number of benzene rings is 2. The van der Waals surface area contributed by atoms with Gasteiger partial charge in [-0.2, -0.15) is 0 Å². The Balaban J connectivity index is 1.66. The quantitative estimate of drug-likeness (QED) is 0.320. The van der Waals surface area contributed by atoms with E-state index < -0.39 is 0 Å².